The van der Waals surface area contributed by atoms with Gasteiger partial charge in [0.05, 0.1) is 17.7 Å². The maximum Gasteiger partial charge on any atom is 0.264 e. The number of sulfonamides is 1. The van der Waals surface area contributed by atoms with E-state index in [1.165, 1.54) is 24.1 Å². The molecule has 220 valence electrons. The highest BCUT2D eigenvalue weighted by atomic mass is 35.5. The quantitative estimate of drug-likeness (QED) is 0.275. The zero-order valence-corrected chi connectivity index (χ0v) is 26.1. The highest BCUT2D eigenvalue weighted by molar-refractivity contribution is 7.92. The lowest BCUT2D eigenvalue weighted by atomic mass is 10.1. The Hall–Kier alpha value is -3.27. The van der Waals surface area contributed by atoms with Crippen LogP contribution in [0.5, 0.6) is 5.75 Å². The molecule has 0 radical (unpaired) electrons. The Balaban J connectivity index is 2.10. The van der Waals surface area contributed by atoms with E-state index in [1.54, 1.807) is 61.5 Å². The Morgan fingerprint density at radius 1 is 0.951 bits per heavy atom. The number of hydrogen-bond donors (Lipinski definition) is 1. The summed E-state index contributed by atoms with van der Waals surface area (Å²) in [6.45, 7) is 6.50. The van der Waals surface area contributed by atoms with Gasteiger partial charge in [-0.05, 0) is 63.6 Å². The highest BCUT2D eigenvalue weighted by Gasteiger charge is 2.34. The predicted molar refractivity (Wildman–Crippen MR) is 163 cm³/mol. The second kappa shape index (κ2) is 14.1. The topological polar surface area (TPSA) is 96.0 Å². The van der Waals surface area contributed by atoms with Crippen LogP contribution in [0.1, 0.15) is 38.3 Å². The lowest BCUT2D eigenvalue weighted by Crippen LogP contribution is -2.52. The number of amides is 2. The molecule has 0 spiro atoms. The molecule has 0 aliphatic carbocycles. The number of carbonyl (C=O) groups excluding carboxylic acids is 2. The van der Waals surface area contributed by atoms with Crippen molar-refractivity contribution in [2.24, 2.45) is 0 Å². The van der Waals surface area contributed by atoms with Crippen LogP contribution < -0.4 is 14.4 Å². The van der Waals surface area contributed by atoms with Gasteiger partial charge in [-0.15, -0.1) is 0 Å². The zero-order chi connectivity index (χ0) is 30.3. The molecule has 0 fully saturated rings. The summed E-state index contributed by atoms with van der Waals surface area (Å²) in [5, 5.41) is 3.53. The molecule has 3 aromatic carbocycles. The number of methoxy groups -OCH3 is 1. The summed E-state index contributed by atoms with van der Waals surface area (Å²) in [5.41, 5.74) is 1.50. The fraction of sp³-hybridized carbons (Fsp3) is 0.333. The Kier molecular flexibility index (Phi) is 11.1. The summed E-state index contributed by atoms with van der Waals surface area (Å²) in [4.78, 5) is 28.6. The van der Waals surface area contributed by atoms with E-state index >= 15 is 0 Å². The van der Waals surface area contributed by atoms with Gasteiger partial charge >= 0.3 is 0 Å². The highest BCUT2D eigenvalue weighted by Crippen LogP contribution is 2.33. The van der Waals surface area contributed by atoms with E-state index in [4.69, 9.17) is 27.9 Å². The minimum Gasteiger partial charge on any atom is -0.495 e. The number of anilines is 1. The minimum absolute atomic E-state index is 0.00469. The minimum atomic E-state index is -4.24. The van der Waals surface area contributed by atoms with Crippen LogP contribution in [-0.2, 0) is 26.2 Å². The lowest BCUT2D eigenvalue weighted by molar-refractivity contribution is -0.139. The molecule has 11 heteroatoms. The van der Waals surface area contributed by atoms with Crippen LogP contribution in [-0.4, -0.2) is 50.9 Å². The van der Waals surface area contributed by atoms with Gasteiger partial charge in [-0.2, -0.15) is 0 Å². The summed E-state index contributed by atoms with van der Waals surface area (Å²) >= 11 is 12.9. The lowest BCUT2D eigenvalue weighted by Gasteiger charge is -2.33. The van der Waals surface area contributed by atoms with Crippen LogP contribution >= 0.6 is 23.2 Å². The fourth-order valence-corrected chi connectivity index (χ4v) is 6.03. The number of benzene rings is 3. The number of carbonyl (C=O) groups is 2. The number of ether oxygens (including phenoxy) is 1. The van der Waals surface area contributed by atoms with Crippen LogP contribution in [0.2, 0.25) is 10.0 Å². The average molecular weight is 621 g/mol. The van der Waals surface area contributed by atoms with Gasteiger partial charge in [-0.25, -0.2) is 8.42 Å². The molecule has 41 heavy (non-hydrogen) atoms. The van der Waals surface area contributed by atoms with Gasteiger partial charge in [0.1, 0.15) is 18.3 Å². The normalized spacial score (nSPS) is 12.8. The first-order valence-electron chi connectivity index (χ1n) is 13.2. The molecular weight excluding hydrogens is 585 g/mol. The number of aryl methyl sites for hydroxylation is 1. The Morgan fingerprint density at radius 3 is 2.15 bits per heavy atom. The zero-order valence-electron chi connectivity index (χ0n) is 23.7. The van der Waals surface area contributed by atoms with Crippen molar-refractivity contribution < 1.29 is 22.7 Å². The molecule has 0 heterocycles. The van der Waals surface area contributed by atoms with Crippen molar-refractivity contribution in [2.45, 2.75) is 57.6 Å². The molecule has 3 rings (SSSR count). The molecule has 0 saturated heterocycles. The molecule has 2 atom stereocenters. The van der Waals surface area contributed by atoms with E-state index in [1.807, 2.05) is 20.8 Å². The Morgan fingerprint density at radius 2 is 1.56 bits per heavy atom. The second-order valence-electron chi connectivity index (χ2n) is 9.71. The van der Waals surface area contributed by atoms with E-state index in [9.17, 15) is 18.0 Å². The summed E-state index contributed by atoms with van der Waals surface area (Å²) in [7, 11) is -2.82. The molecule has 0 aliphatic rings. The van der Waals surface area contributed by atoms with E-state index in [0.29, 0.717) is 22.0 Å². The number of para-hydroxylation sites is 2. The Bertz CT molecular complexity index is 1460. The number of rotatable bonds is 12. The van der Waals surface area contributed by atoms with Crippen molar-refractivity contribution in [2.75, 3.05) is 18.0 Å². The fourth-order valence-electron chi connectivity index (χ4n) is 4.09. The standard InChI is InChI=1S/C30H35Cl2N3O5S/c1-6-21(3)33-30(37)22(4)34(18-24-25(31)10-9-11-26(24)32)29(36)19-35(27-12-7-8-13-28(27)40-5)41(38,39)23-16-14-20(2)15-17-23/h7-17,21-22H,6,18-19H2,1-5H3,(H,33,37)/t21-,22-/m0/s1. The third kappa shape index (κ3) is 7.72. The third-order valence-corrected chi connectivity index (χ3v) is 9.28. The second-order valence-corrected chi connectivity index (χ2v) is 12.4. The van der Waals surface area contributed by atoms with Crippen LogP contribution in [0.25, 0.3) is 0 Å². The number of nitrogens with one attached hydrogen (secondary N) is 1. The molecular formula is C30H35Cl2N3O5S. The van der Waals surface area contributed by atoms with E-state index in [2.05, 4.69) is 5.32 Å². The maximum absolute atomic E-state index is 14.1. The van der Waals surface area contributed by atoms with Gasteiger partial charge in [0, 0.05) is 28.2 Å². The first-order chi connectivity index (χ1) is 19.4. The van der Waals surface area contributed by atoms with Crippen molar-refractivity contribution in [3.05, 3.63) is 87.9 Å². The van der Waals surface area contributed by atoms with Crippen molar-refractivity contribution in [3.8, 4) is 5.75 Å². The number of nitrogens with zero attached hydrogens (tertiary/aromatic N) is 2. The molecule has 8 nitrogen and oxygen atoms in total. The van der Waals surface area contributed by atoms with Crippen LogP contribution in [0.15, 0.2) is 71.6 Å². The van der Waals surface area contributed by atoms with E-state index in [-0.39, 0.29) is 34.8 Å². The molecule has 0 unspecified atom stereocenters. The van der Waals surface area contributed by atoms with Crippen LogP contribution in [0.3, 0.4) is 0 Å². The largest absolute Gasteiger partial charge is 0.495 e. The van der Waals surface area contributed by atoms with Gasteiger partial charge in [-0.3, -0.25) is 13.9 Å². The number of halogens is 2. The first-order valence-corrected chi connectivity index (χ1v) is 15.3. The van der Waals surface area contributed by atoms with Crippen molar-refractivity contribution in [1.29, 1.82) is 0 Å². The van der Waals surface area contributed by atoms with Crippen LogP contribution in [0.4, 0.5) is 5.69 Å². The third-order valence-electron chi connectivity index (χ3n) is 6.80. The monoisotopic (exact) mass is 619 g/mol. The van der Waals surface area contributed by atoms with Gasteiger partial charge in [-0.1, -0.05) is 66.0 Å². The molecule has 0 saturated carbocycles. The van der Waals surface area contributed by atoms with Crippen molar-refractivity contribution >= 4 is 50.7 Å². The van der Waals surface area contributed by atoms with Crippen LogP contribution in [0, 0.1) is 6.92 Å². The smallest absolute Gasteiger partial charge is 0.264 e. The molecule has 2 amide bonds. The summed E-state index contributed by atoms with van der Waals surface area (Å²) in [6, 6.07) is 16.7. The summed E-state index contributed by atoms with van der Waals surface area (Å²) < 4.78 is 34.5. The molecule has 0 bridgehead atoms. The van der Waals surface area contributed by atoms with Gasteiger partial charge < -0.3 is 15.0 Å². The van der Waals surface area contributed by atoms with Crippen molar-refractivity contribution in [1.82, 2.24) is 10.2 Å². The Labute approximate surface area is 252 Å². The van der Waals surface area contributed by atoms with Gasteiger partial charge in [0.15, 0.2) is 0 Å². The van der Waals surface area contributed by atoms with Crippen molar-refractivity contribution in [3.63, 3.8) is 0 Å². The van der Waals surface area contributed by atoms with Gasteiger partial charge in [0.2, 0.25) is 11.8 Å². The summed E-state index contributed by atoms with van der Waals surface area (Å²) in [5.74, 6) is -0.755. The SMILES string of the molecule is CC[C@H](C)NC(=O)[C@H](C)N(Cc1c(Cl)cccc1Cl)C(=O)CN(c1ccccc1OC)S(=O)(=O)c1ccc(C)cc1. The molecule has 0 aromatic heterocycles. The summed E-state index contributed by atoms with van der Waals surface area (Å²) in [6.07, 6.45) is 0.694. The van der Waals surface area contributed by atoms with E-state index < -0.39 is 28.5 Å². The van der Waals surface area contributed by atoms with Gasteiger partial charge in [0.25, 0.3) is 10.0 Å². The number of hydrogen-bond acceptors (Lipinski definition) is 5. The first kappa shape index (κ1) is 32.2. The molecule has 3 aromatic rings. The van der Waals surface area contributed by atoms with E-state index in [0.717, 1.165) is 9.87 Å². The molecule has 1 N–H and O–H groups in total. The predicted octanol–water partition coefficient (Wildman–Crippen LogP) is 5.84. The molecule has 0 aliphatic heterocycles. The average Bonchev–Trinajstić information content (AvgIpc) is 2.95. The maximum atomic E-state index is 14.1.